The van der Waals surface area contributed by atoms with E-state index in [-0.39, 0.29) is 23.7 Å². The van der Waals surface area contributed by atoms with Crippen LogP contribution in [0.3, 0.4) is 0 Å². The largest absolute Gasteiger partial charge is 0.472 e. The van der Waals surface area contributed by atoms with E-state index in [4.69, 9.17) is 18.6 Å². The lowest BCUT2D eigenvalue weighted by Gasteiger charge is -2.61. The summed E-state index contributed by atoms with van der Waals surface area (Å²) in [5.74, 6) is -3.62. The number of Topliss-reactive ketones (excluding diaryl/α,β-unsaturated/α-hetero) is 1. The lowest BCUT2D eigenvalue weighted by Crippen LogP contribution is -2.64. The maximum absolute atomic E-state index is 13.9. The molecule has 0 N–H and O–H groups in total. The van der Waals surface area contributed by atoms with Crippen LogP contribution in [-0.4, -0.2) is 36.9 Å². The van der Waals surface area contributed by atoms with Crippen LogP contribution in [0.5, 0.6) is 0 Å². The number of fused-ring (bicyclic) bond motifs is 3. The average molecular weight is 459 g/mol. The summed E-state index contributed by atoms with van der Waals surface area (Å²) in [6.07, 6.45) is 2.78. The number of methoxy groups -OCH3 is 1. The van der Waals surface area contributed by atoms with Crippen LogP contribution in [0.1, 0.15) is 58.1 Å². The lowest BCUT2D eigenvalue weighted by atomic mass is 9.43. The summed E-state index contributed by atoms with van der Waals surface area (Å²) >= 11 is 0. The van der Waals surface area contributed by atoms with Crippen molar-refractivity contribution in [3.05, 3.63) is 36.3 Å². The molecule has 1 saturated heterocycles. The van der Waals surface area contributed by atoms with Crippen molar-refractivity contribution in [3.63, 3.8) is 0 Å². The molecule has 8 nitrogen and oxygen atoms in total. The van der Waals surface area contributed by atoms with Crippen LogP contribution >= 0.6 is 0 Å². The molecule has 0 unspecified atom stereocenters. The van der Waals surface area contributed by atoms with Crippen LogP contribution in [0.15, 0.2) is 35.2 Å². The second-order valence-electron chi connectivity index (χ2n) is 10.1. The third-order valence-corrected chi connectivity index (χ3v) is 8.10. The number of rotatable bonds is 4. The quantitative estimate of drug-likeness (QED) is 0.383. The molecule has 0 radical (unpaired) electrons. The Kier molecular flexibility index (Phi) is 5.75. The number of hydrogen-bond acceptors (Lipinski definition) is 8. The van der Waals surface area contributed by atoms with E-state index in [1.54, 1.807) is 6.07 Å². The number of carbonyl (C=O) groups is 4. The zero-order valence-corrected chi connectivity index (χ0v) is 19.4. The SMILES string of the molecule is C=C(C)C(=O)O[C@H]1C[C@@H](C(=O)OC)[C@]2(C)CC[C@H]3C(=O)O[C@@H](c4ccoc4)C[C@]3(C)[C@H]2C1=O. The van der Waals surface area contributed by atoms with Crippen LogP contribution in [0.4, 0.5) is 0 Å². The van der Waals surface area contributed by atoms with Crippen LogP contribution in [0.2, 0.25) is 0 Å². The summed E-state index contributed by atoms with van der Waals surface area (Å²) in [5, 5.41) is 0. The van der Waals surface area contributed by atoms with Gasteiger partial charge in [0.25, 0.3) is 0 Å². The van der Waals surface area contributed by atoms with E-state index in [1.807, 2.05) is 13.8 Å². The van der Waals surface area contributed by atoms with Crippen molar-refractivity contribution in [1.29, 1.82) is 0 Å². The van der Waals surface area contributed by atoms with E-state index in [0.717, 1.165) is 0 Å². The van der Waals surface area contributed by atoms with Gasteiger partial charge in [0, 0.05) is 23.5 Å². The molecule has 4 rings (SSSR count). The first-order valence-electron chi connectivity index (χ1n) is 11.2. The van der Waals surface area contributed by atoms with Crippen molar-refractivity contribution >= 4 is 23.7 Å². The minimum absolute atomic E-state index is 0.0495. The summed E-state index contributed by atoms with van der Waals surface area (Å²) in [4.78, 5) is 52.2. The molecule has 7 atom stereocenters. The highest BCUT2D eigenvalue weighted by Crippen LogP contribution is 2.65. The molecule has 178 valence electrons. The smallest absolute Gasteiger partial charge is 0.333 e. The van der Waals surface area contributed by atoms with Crippen LogP contribution in [0.25, 0.3) is 0 Å². The Hall–Kier alpha value is -2.90. The standard InChI is InChI=1S/C25H30O8/c1-13(2)21(27)32-17-10-16(22(28)30-5)24(3)8-6-15-23(29)33-18(14-7-9-31-12-14)11-25(15,4)20(24)19(17)26/h7,9,12,15-18,20H,1,6,8,10-11H2,2-5H3/t15-,16-,17-,18+,20-,24-,25-/m0/s1. The number of furan rings is 1. The fourth-order valence-corrected chi connectivity index (χ4v) is 6.49. The molecule has 1 aromatic rings. The Labute approximate surface area is 192 Å². The molecular weight excluding hydrogens is 428 g/mol. The lowest BCUT2D eigenvalue weighted by molar-refractivity contribution is -0.210. The van der Waals surface area contributed by atoms with E-state index in [9.17, 15) is 19.2 Å². The van der Waals surface area contributed by atoms with Gasteiger partial charge in [0.1, 0.15) is 6.10 Å². The zero-order valence-electron chi connectivity index (χ0n) is 19.4. The summed E-state index contributed by atoms with van der Waals surface area (Å²) in [6.45, 7) is 8.93. The Morgan fingerprint density at radius 3 is 2.55 bits per heavy atom. The van der Waals surface area contributed by atoms with Crippen molar-refractivity contribution in [2.45, 2.75) is 58.7 Å². The van der Waals surface area contributed by atoms with E-state index >= 15 is 0 Å². The second-order valence-corrected chi connectivity index (χ2v) is 10.1. The summed E-state index contributed by atoms with van der Waals surface area (Å²) in [7, 11) is 1.31. The van der Waals surface area contributed by atoms with Crippen molar-refractivity contribution in [2.24, 2.45) is 28.6 Å². The minimum atomic E-state index is -1.11. The summed E-state index contributed by atoms with van der Waals surface area (Å²) < 4.78 is 21.5. The van der Waals surface area contributed by atoms with Gasteiger partial charge in [-0.1, -0.05) is 20.4 Å². The average Bonchev–Trinajstić information content (AvgIpc) is 3.29. The highest BCUT2D eigenvalue weighted by Gasteiger charge is 2.67. The number of ether oxygens (including phenoxy) is 3. The summed E-state index contributed by atoms with van der Waals surface area (Å²) in [5.41, 5.74) is -0.671. The van der Waals surface area contributed by atoms with Gasteiger partial charge in [-0.3, -0.25) is 14.4 Å². The predicted octanol–water partition coefficient (Wildman–Crippen LogP) is 3.56. The molecule has 2 aliphatic carbocycles. The molecule has 2 saturated carbocycles. The monoisotopic (exact) mass is 458 g/mol. The number of esters is 3. The Morgan fingerprint density at radius 1 is 1.21 bits per heavy atom. The molecule has 0 amide bonds. The maximum Gasteiger partial charge on any atom is 0.333 e. The van der Waals surface area contributed by atoms with Gasteiger partial charge < -0.3 is 18.6 Å². The third-order valence-electron chi connectivity index (χ3n) is 8.10. The Bertz CT molecular complexity index is 994. The maximum atomic E-state index is 13.9. The molecule has 33 heavy (non-hydrogen) atoms. The van der Waals surface area contributed by atoms with Crippen LogP contribution in [0, 0.1) is 28.6 Å². The van der Waals surface area contributed by atoms with E-state index in [2.05, 4.69) is 6.58 Å². The van der Waals surface area contributed by atoms with Gasteiger partial charge in [-0.05, 0) is 43.1 Å². The number of ketones is 1. The molecule has 0 aromatic carbocycles. The van der Waals surface area contributed by atoms with E-state index in [0.29, 0.717) is 24.8 Å². The number of hydrogen-bond donors (Lipinski definition) is 0. The molecule has 0 bridgehead atoms. The predicted molar refractivity (Wildman–Crippen MR) is 114 cm³/mol. The first-order chi connectivity index (χ1) is 15.5. The van der Waals surface area contributed by atoms with Gasteiger partial charge >= 0.3 is 17.9 Å². The molecule has 0 spiro atoms. The molecule has 3 fully saturated rings. The fraction of sp³-hybridized carbons (Fsp3) is 0.600. The Balaban J connectivity index is 1.78. The van der Waals surface area contributed by atoms with Crippen molar-refractivity contribution < 1.29 is 37.8 Å². The third kappa shape index (κ3) is 3.60. The number of cyclic esters (lactones) is 1. The topological polar surface area (TPSA) is 109 Å². The molecule has 2 heterocycles. The van der Waals surface area contributed by atoms with Gasteiger partial charge in [-0.25, -0.2) is 4.79 Å². The van der Waals surface area contributed by atoms with E-state index in [1.165, 1.54) is 26.6 Å². The molecular formula is C25H30O8. The highest BCUT2D eigenvalue weighted by atomic mass is 16.6. The van der Waals surface area contributed by atoms with E-state index < -0.39 is 52.7 Å². The van der Waals surface area contributed by atoms with Gasteiger partial charge in [-0.15, -0.1) is 0 Å². The minimum Gasteiger partial charge on any atom is -0.472 e. The van der Waals surface area contributed by atoms with Gasteiger partial charge in [-0.2, -0.15) is 0 Å². The van der Waals surface area contributed by atoms with Gasteiger partial charge in [0.15, 0.2) is 11.9 Å². The summed E-state index contributed by atoms with van der Waals surface area (Å²) in [6, 6.07) is 1.74. The van der Waals surface area contributed by atoms with Crippen LogP contribution < -0.4 is 0 Å². The first kappa shape index (κ1) is 23.3. The molecule has 1 aromatic heterocycles. The normalized spacial score (nSPS) is 37.9. The first-order valence-corrected chi connectivity index (χ1v) is 11.2. The zero-order chi connectivity index (χ0) is 24.1. The molecule has 8 heteroatoms. The van der Waals surface area contributed by atoms with Gasteiger partial charge in [0.05, 0.1) is 31.5 Å². The number of carbonyl (C=O) groups excluding carboxylic acids is 4. The highest BCUT2D eigenvalue weighted by molar-refractivity contribution is 5.95. The molecule has 3 aliphatic rings. The van der Waals surface area contributed by atoms with Crippen molar-refractivity contribution in [3.8, 4) is 0 Å². The Morgan fingerprint density at radius 2 is 1.94 bits per heavy atom. The molecule has 1 aliphatic heterocycles. The van der Waals surface area contributed by atoms with Crippen molar-refractivity contribution in [2.75, 3.05) is 7.11 Å². The van der Waals surface area contributed by atoms with Crippen molar-refractivity contribution in [1.82, 2.24) is 0 Å². The fourth-order valence-electron chi connectivity index (χ4n) is 6.49. The second kappa shape index (κ2) is 8.15. The van der Waals surface area contributed by atoms with Gasteiger partial charge in [0.2, 0.25) is 0 Å². The van der Waals surface area contributed by atoms with Crippen LogP contribution in [-0.2, 0) is 33.4 Å².